The van der Waals surface area contributed by atoms with Crippen molar-refractivity contribution in [2.45, 2.75) is 13.5 Å². The van der Waals surface area contributed by atoms with Crippen LogP contribution in [0.5, 0.6) is 0 Å². The normalized spacial score (nSPS) is 9.14. The smallest absolute Gasteiger partial charge is 0.300 e. The van der Waals surface area contributed by atoms with Crippen molar-refractivity contribution in [1.82, 2.24) is 5.32 Å². The van der Waals surface area contributed by atoms with Crippen LogP contribution in [-0.4, -0.2) is 12.5 Å². The monoisotopic (exact) mass is 188 g/mol. The first kappa shape index (κ1) is 10.3. The third kappa shape index (κ3) is 3.28. The summed E-state index contributed by atoms with van der Waals surface area (Å²) in [5, 5.41) is 2.67. The van der Waals surface area contributed by atoms with Crippen molar-refractivity contribution in [1.29, 1.82) is 0 Å². The lowest BCUT2D eigenvalue weighted by molar-refractivity contribution is -0.119. The summed E-state index contributed by atoms with van der Waals surface area (Å²) in [7, 11) is 0. The van der Waals surface area contributed by atoms with Gasteiger partial charge in [0.2, 0.25) is 0 Å². The first-order valence-corrected chi connectivity index (χ1v) is 4.38. The highest BCUT2D eigenvalue weighted by Gasteiger charge is 2.02. The second-order valence-electron chi connectivity index (χ2n) is 3.08. The van der Waals surface area contributed by atoms with Gasteiger partial charge in [-0.05, 0) is 12.5 Å². The van der Waals surface area contributed by atoms with Gasteiger partial charge in [-0.2, -0.15) is 0 Å². The fourth-order valence-electron chi connectivity index (χ4n) is 1.15. The maximum atomic E-state index is 11.0. The van der Waals surface area contributed by atoms with Crippen molar-refractivity contribution in [3.63, 3.8) is 0 Å². The molecule has 1 amide bonds. The first-order chi connectivity index (χ1) is 6.72. The Kier molecular flexibility index (Phi) is 3.69. The van der Waals surface area contributed by atoms with E-state index in [9.17, 15) is 4.79 Å². The third-order valence-electron chi connectivity index (χ3n) is 1.79. The molecule has 1 aromatic rings. The van der Waals surface area contributed by atoms with Crippen LogP contribution in [0.3, 0.4) is 0 Å². The summed E-state index contributed by atoms with van der Waals surface area (Å²) in [6, 6.07) is 7.92. The average Bonchev–Trinajstić information content (AvgIpc) is 2.15. The van der Waals surface area contributed by atoms with E-state index >= 15 is 0 Å². The van der Waals surface area contributed by atoms with Gasteiger partial charge in [-0.15, -0.1) is 0 Å². The number of carbonyl (C=O) groups excluding carboxylic acids is 1. The van der Waals surface area contributed by atoms with Gasteiger partial charge in [0, 0.05) is 6.54 Å². The molecule has 0 aliphatic rings. The average molecular weight is 188 g/mol. The Bertz CT molecular complexity index is 366. The second-order valence-corrected chi connectivity index (χ2v) is 3.08. The molecule has 1 N–H and O–H groups in total. The second kappa shape index (κ2) is 5.03. The predicted octanol–water partition coefficient (Wildman–Crippen LogP) is 1.53. The molecule has 0 spiro atoms. The molecule has 72 valence electrons. The van der Waals surface area contributed by atoms with Gasteiger partial charge < -0.3 is 10.2 Å². The fraction of sp³-hybridized carbons (Fsp3) is 0.273. The molecule has 0 atom stereocenters. The number of hydrogen-bond acceptors (Lipinski definition) is 1. The number of nitrogens with one attached hydrogen (secondary N) is 1. The van der Waals surface area contributed by atoms with Gasteiger partial charge in [0.25, 0.3) is 12.5 Å². The molecule has 0 saturated heterocycles. The van der Waals surface area contributed by atoms with Crippen LogP contribution in [0, 0.1) is 13.5 Å². The van der Waals surface area contributed by atoms with Gasteiger partial charge in [-0.25, -0.2) is 6.57 Å². The molecule has 0 aliphatic carbocycles. The van der Waals surface area contributed by atoms with E-state index in [1.165, 1.54) is 5.56 Å². The number of nitrogens with zero attached hydrogens (tertiary/aromatic N) is 1. The van der Waals surface area contributed by atoms with E-state index in [2.05, 4.69) is 10.2 Å². The van der Waals surface area contributed by atoms with Crippen molar-refractivity contribution < 1.29 is 4.79 Å². The Morgan fingerprint density at radius 3 is 3.00 bits per heavy atom. The summed E-state index contributed by atoms with van der Waals surface area (Å²) in [5.74, 6) is -0.221. The van der Waals surface area contributed by atoms with E-state index in [1.54, 1.807) is 0 Å². The largest absolute Gasteiger partial charge is 0.346 e. The minimum atomic E-state index is -0.221. The molecule has 3 heteroatoms. The topological polar surface area (TPSA) is 33.5 Å². The number of amides is 1. The predicted molar refractivity (Wildman–Crippen MR) is 54.5 cm³/mol. The molecule has 3 nitrogen and oxygen atoms in total. The first-order valence-electron chi connectivity index (χ1n) is 4.38. The van der Waals surface area contributed by atoms with Gasteiger partial charge in [-0.3, -0.25) is 4.79 Å². The van der Waals surface area contributed by atoms with Crippen molar-refractivity contribution in [2.24, 2.45) is 0 Å². The van der Waals surface area contributed by atoms with Gasteiger partial charge >= 0.3 is 0 Å². The molecule has 0 saturated carbocycles. The van der Waals surface area contributed by atoms with Crippen LogP contribution in [-0.2, 0) is 11.3 Å². The number of hydrogen-bond donors (Lipinski definition) is 1. The summed E-state index contributed by atoms with van der Waals surface area (Å²) in [6.07, 6.45) is 0. The van der Waals surface area contributed by atoms with Gasteiger partial charge in [0.1, 0.15) is 0 Å². The Labute approximate surface area is 83.6 Å². The third-order valence-corrected chi connectivity index (χ3v) is 1.79. The van der Waals surface area contributed by atoms with Crippen molar-refractivity contribution in [3.05, 3.63) is 46.8 Å². The van der Waals surface area contributed by atoms with E-state index in [0.717, 1.165) is 5.56 Å². The molecule has 0 aliphatic heterocycles. The molecule has 0 aromatic heterocycles. The van der Waals surface area contributed by atoms with Crippen LogP contribution in [0.15, 0.2) is 24.3 Å². The number of benzene rings is 1. The lowest BCUT2D eigenvalue weighted by Gasteiger charge is -2.02. The van der Waals surface area contributed by atoms with E-state index in [1.807, 2.05) is 31.2 Å². The summed E-state index contributed by atoms with van der Waals surface area (Å²) in [5.41, 5.74) is 2.23. The van der Waals surface area contributed by atoms with E-state index in [0.29, 0.717) is 6.54 Å². The van der Waals surface area contributed by atoms with Crippen molar-refractivity contribution in [3.8, 4) is 0 Å². The minimum Gasteiger partial charge on any atom is -0.346 e. The Morgan fingerprint density at radius 2 is 2.36 bits per heavy atom. The molecule has 0 bridgehead atoms. The molecule has 0 heterocycles. The van der Waals surface area contributed by atoms with Crippen LogP contribution >= 0.6 is 0 Å². The molecular weight excluding hydrogens is 176 g/mol. The fourth-order valence-corrected chi connectivity index (χ4v) is 1.15. The zero-order chi connectivity index (χ0) is 10.4. The minimum absolute atomic E-state index is 0.0915. The quantitative estimate of drug-likeness (QED) is 0.717. The number of aryl methyl sites for hydroxylation is 1. The van der Waals surface area contributed by atoms with Gasteiger partial charge in [0.15, 0.2) is 0 Å². The van der Waals surface area contributed by atoms with Crippen molar-refractivity contribution in [2.75, 3.05) is 6.54 Å². The maximum Gasteiger partial charge on any atom is 0.300 e. The van der Waals surface area contributed by atoms with Crippen LogP contribution < -0.4 is 5.32 Å². The lowest BCUT2D eigenvalue weighted by Crippen LogP contribution is -2.24. The molecular formula is C11H12N2O. The SMILES string of the molecule is [C-]#[N+]CC(=O)NCc1cccc(C)c1. The molecule has 14 heavy (non-hydrogen) atoms. The standard InChI is InChI=1S/C11H12N2O/c1-9-4-3-5-10(6-9)7-13-11(14)8-12-2/h3-6H,7-8H2,1H3,(H,13,14). The highest BCUT2D eigenvalue weighted by molar-refractivity contribution is 5.79. The summed E-state index contributed by atoms with van der Waals surface area (Å²) in [4.78, 5) is 14.0. The molecule has 0 fully saturated rings. The molecule has 0 unspecified atom stereocenters. The maximum absolute atomic E-state index is 11.0. The van der Waals surface area contributed by atoms with Crippen LogP contribution in [0.1, 0.15) is 11.1 Å². The van der Waals surface area contributed by atoms with E-state index < -0.39 is 0 Å². The Hall–Kier alpha value is -1.82. The summed E-state index contributed by atoms with van der Waals surface area (Å²) < 4.78 is 0. The zero-order valence-electron chi connectivity index (χ0n) is 8.08. The van der Waals surface area contributed by atoms with E-state index in [-0.39, 0.29) is 12.5 Å². The highest BCUT2D eigenvalue weighted by atomic mass is 16.1. The van der Waals surface area contributed by atoms with Crippen molar-refractivity contribution >= 4 is 5.91 Å². The van der Waals surface area contributed by atoms with Crippen LogP contribution in [0.2, 0.25) is 0 Å². The molecule has 1 aromatic carbocycles. The number of rotatable bonds is 3. The Morgan fingerprint density at radius 1 is 1.57 bits per heavy atom. The molecule has 1 rings (SSSR count). The zero-order valence-corrected chi connectivity index (χ0v) is 8.08. The molecule has 0 radical (unpaired) electrons. The van der Waals surface area contributed by atoms with E-state index in [4.69, 9.17) is 6.57 Å². The van der Waals surface area contributed by atoms with Gasteiger partial charge in [0.05, 0.1) is 0 Å². The summed E-state index contributed by atoms with van der Waals surface area (Å²) >= 11 is 0. The van der Waals surface area contributed by atoms with Gasteiger partial charge in [-0.1, -0.05) is 29.8 Å². The van der Waals surface area contributed by atoms with Crippen LogP contribution in [0.4, 0.5) is 0 Å². The lowest BCUT2D eigenvalue weighted by atomic mass is 10.1. The Balaban J connectivity index is 2.46. The van der Waals surface area contributed by atoms with Crippen LogP contribution in [0.25, 0.3) is 4.85 Å². The highest BCUT2D eigenvalue weighted by Crippen LogP contribution is 2.02. The number of carbonyl (C=O) groups is 1. The summed E-state index contributed by atoms with van der Waals surface area (Å²) in [6.45, 7) is 8.92.